The Morgan fingerprint density at radius 2 is 1.67 bits per heavy atom. The minimum atomic E-state index is -4.36. The Kier molecular flexibility index (Phi) is 9.40. The highest BCUT2D eigenvalue weighted by Crippen LogP contribution is 2.35. The van der Waals surface area contributed by atoms with Crippen molar-refractivity contribution in [3.05, 3.63) is 63.1 Å². The van der Waals surface area contributed by atoms with E-state index < -0.39 is 45.7 Å². The fourth-order valence-electron chi connectivity index (χ4n) is 5.21. The molecule has 228 valence electrons. The molecule has 0 spiro atoms. The molecule has 0 aromatic heterocycles. The molecule has 2 aromatic rings. The molecule has 0 bridgehead atoms. The summed E-state index contributed by atoms with van der Waals surface area (Å²) in [5.41, 5.74) is 0.0645. The summed E-state index contributed by atoms with van der Waals surface area (Å²) in [4.78, 5) is 43.5. The van der Waals surface area contributed by atoms with E-state index in [0.29, 0.717) is 10.6 Å². The average Bonchev–Trinajstić information content (AvgIpc) is 2.85. The number of piperazine rings is 1. The summed E-state index contributed by atoms with van der Waals surface area (Å²) in [5.74, 6) is -0.905. The molecule has 4 rings (SSSR count). The van der Waals surface area contributed by atoms with E-state index in [1.54, 1.807) is 49.9 Å². The van der Waals surface area contributed by atoms with Crippen LogP contribution in [0.15, 0.2) is 47.4 Å². The Hall–Kier alpha value is -2.57. The average molecular weight is 659 g/mol. The number of carbonyl (C=O) groups excluding carboxylic acids is 3. The van der Waals surface area contributed by atoms with Crippen molar-refractivity contribution >= 4 is 62.7 Å². The fourth-order valence-corrected chi connectivity index (χ4v) is 7.76. The maximum absolute atomic E-state index is 14.2. The minimum Gasteiger partial charge on any atom is -0.335 e. The number of nitrogens with one attached hydrogen (secondary N) is 2. The van der Waals surface area contributed by atoms with Crippen molar-refractivity contribution in [3.8, 4) is 0 Å². The van der Waals surface area contributed by atoms with Crippen LogP contribution in [0.5, 0.6) is 0 Å². The molecule has 10 nitrogen and oxygen atoms in total. The zero-order valence-electron chi connectivity index (χ0n) is 23.9. The lowest BCUT2D eigenvalue weighted by Crippen LogP contribution is -2.76. The van der Waals surface area contributed by atoms with Gasteiger partial charge in [-0.05, 0) is 70.5 Å². The van der Waals surface area contributed by atoms with Gasteiger partial charge < -0.3 is 20.4 Å². The van der Waals surface area contributed by atoms with Gasteiger partial charge in [-0.3, -0.25) is 9.59 Å². The van der Waals surface area contributed by atoms with Crippen molar-refractivity contribution in [2.75, 3.05) is 13.1 Å². The lowest BCUT2D eigenvalue weighted by Gasteiger charge is -2.54. The second kappa shape index (κ2) is 12.2. The summed E-state index contributed by atoms with van der Waals surface area (Å²) in [7, 11) is -4.36. The predicted molar refractivity (Wildman–Crippen MR) is 162 cm³/mol. The molecular weight excluding hydrogens is 625 g/mol. The maximum Gasteiger partial charge on any atom is 0.315 e. The highest BCUT2D eigenvalue weighted by Gasteiger charge is 2.54. The molecule has 14 heteroatoms. The van der Waals surface area contributed by atoms with Crippen LogP contribution in [0.4, 0.5) is 4.79 Å². The third-order valence-electron chi connectivity index (χ3n) is 7.05. The molecular formula is C28H34Cl3N5O5S. The number of amides is 4. The van der Waals surface area contributed by atoms with Crippen LogP contribution in [0, 0.1) is 0 Å². The number of hydrogen-bond donors (Lipinski definition) is 2. The molecule has 0 radical (unpaired) electrons. The first kappa shape index (κ1) is 32.3. The molecule has 2 saturated heterocycles. The van der Waals surface area contributed by atoms with Gasteiger partial charge in [0.15, 0.2) is 0 Å². The Bertz CT molecular complexity index is 1500. The molecule has 2 aromatic carbocycles. The van der Waals surface area contributed by atoms with Gasteiger partial charge in [0.1, 0.15) is 23.1 Å². The monoisotopic (exact) mass is 657 g/mol. The van der Waals surface area contributed by atoms with Gasteiger partial charge in [0, 0.05) is 34.6 Å². The van der Waals surface area contributed by atoms with Crippen LogP contribution in [-0.4, -0.2) is 83.3 Å². The number of hydrogen-bond acceptors (Lipinski definition) is 5. The number of carbonyl (C=O) groups is 3. The molecule has 2 heterocycles. The van der Waals surface area contributed by atoms with Crippen LogP contribution < -0.4 is 10.6 Å². The summed E-state index contributed by atoms with van der Waals surface area (Å²) >= 11 is 18.6. The van der Waals surface area contributed by atoms with E-state index in [1.165, 1.54) is 23.1 Å². The minimum absolute atomic E-state index is 0.0698. The van der Waals surface area contributed by atoms with Crippen LogP contribution in [0.2, 0.25) is 15.1 Å². The summed E-state index contributed by atoms with van der Waals surface area (Å²) in [5, 5.41) is 5.98. The van der Waals surface area contributed by atoms with E-state index in [1.807, 2.05) is 13.8 Å². The Morgan fingerprint density at radius 3 is 2.26 bits per heavy atom. The molecule has 2 N–H and O–H groups in total. The number of urea groups is 1. The van der Waals surface area contributed by atoms with Crippen LogP contribution >= 0.6 is 34.8 Å². The topological polar surface area (TPSA) is 119 Å². The van der Waals surface area contributed by atoms with Gasteiger partial charge in [-0.25, -0.2) is 13.2 Å². The first-order valence-electron chi connectivity index (χ1n) is 13.4. The first-order valence-corrected chi connectivity index (χ1v) is 16.0. The molecule has 0 aliphatic carbocycles. The van der Waals surface area contributed by atoms with Gasteiger partial charge in [0.25, 0.3) is 0 Å². The van der Waals surface area contributed by atoms with Crippen LogP contribution in [-0.2, 0) is 26.0 Å². The molecule has 3 unspecified atom stereocenters. The van der Waals surface area contributed by atoms with Gasteiger partial charge in [-0.1, -0.05) is 46.9 Å². The number of halogens is 3. The van der Waals surface area contributed by atoms with Crippen molar-refractivity contribution in [3.63, 3.8) is 0 Å². The van der Waals surface area contributed by atoms with Crippen molar-refractivity contribution in [2.24, 2.45) is 0 Å². The van der Waals surface area contributed by atoms with E-state index in [-0.39, 0.29) is 46.4 Å². The summed E-state index contributed by atoms with van der Waals surface area (Å²) in [6.45, 7) is 8.53. The van der Waals surface area contributed by atoms with Crippen molar-refractivity contribution in [2.45, 2.75) is 75.8 Å². The zero-order valence-corrected chi connectivity index (χ0v) is 27.0. The van der Waals surface area contributed by atoms with E-state index in [4.69, 9.17) is 34.8 Å². The standard InChI is InChI=1S/C28H34Cl3N5O5S/c1-16(2)34-15-24-35(42(40,41)23-10-9-19(30)13-20(23)31)14-21(32-27(39)33-28(3,4)5)25(37)36(24)22(26(34)38)12-17-7-6-8-18(29)11-17/h6-11,13,16,21-22,24H,12,14-15H2,1-5H3,(H2,32,33,39). The zero-order chi connectivity index (χ0) is 31.1. The normalized spacial score (nSPS) is 21.9. The molecule has 2 aliphatic rings. The summed E-state index contributed by atoms with van der Waals surface area (Å²) in [6, 6.07) is 7.65. The number of sulfonamides is 1. The van der Waals surface area contributed by atoms with Gasteiger partial charge in [0.05, 0.1) is 11.6 Å². The van der Waals surface area contributed by atoms with E-state index in [2.05, 4.69) is 10.6 Å². The van der Waals surface area contributed by atoms with Crippen LogP contribution in [0.3, 0.4) is 0 Å². The van der Waals surface area contributed by atoms with Crippen LogP contribution in [0.1, 0.15) is 40.2 Å². The number of fused-ring (bicyclic) bond motifs is 1. The quantitative estimate of drug-likeness (QED) is 0.484. The molecule has 2 fully saturated rings. The van der Waals surface area contributed by atoms with Gasteiger partial charge in [-0.15, -0.1) is 0 Å². The fraction of sp³-hybridized carbons (Fsp3) is 0.464. The third-order valence-corrected chi connectivity index (χ3v) is 9.87. The second-order valence-corrected chi connectivity index (χ2v) is 14.8. The molecule has 3 atom stereocenters. The number of benzene rings is 2. The first-order chi connectivity index (χ1) is 19.5. The van der Waals surface area contributed by atoms with E-state index in [0.717, 1.165) is 4.31 Å². The predicted octanol–water partition coefficient (Wildman–Crippen LogP) is 4.13. The van der Waals surface area contributed by atoms with Gasteiger partial charge in [0.2, 0.25) is 21.8 Å². The maximum atomic E-state index is 14.2. The molecule has 2 aliphatic heterocycles. The van der Waals surface area contributed by atoms with Crippen molar-refractivity contribution in [1.29, 1.82) is 0 Å². The second-order valence-electron chi connectivity index (χ2n) is 11.7. The van der Waals surface area contributed by atoms with E-state index >= 15 is 0 Å². The third kappa shape index (κ3) is 6.81. The number of rotatable bonds is 6. The Balaban J connectivity index is 1.84. The summed E-state index contributed by atoms with van der Waals surface area (Å²) < 4.78 is 29.6. The molecule has 4 amide bonds. The highest BCUT2D eigenvalue weighted by molar-refractivity contribution is 7.89. The van der Waals surface area contributed by atoms with Crippen LogP contribution in [0.25, 0.3) is 0 Å². The molecule has 42 heavy (non-hydrogen) atoms. The van der Waals surface area contributed by atoms with Gasteiger partial charge in [-0.2, -0.15) is 4.31 Å². The van der Waals surface area contributed by atoms with E-state index in [9.17, 15) is 22.8 Å². The Labute approximate surface area is 261 Å². The van der Waals surface area contributed by atoms with Crippen molar-refractivity contribution < 1.29 is 22.8 Å². The smallest absolute Gasteiger partial charge is 0.315 e. The Morgan fingerprint density at radius 1 is 1.00 bits per heavy atom. The van der Waals surface area contributed by atoms with Crippen molar-refractivity contribution in [1.82, 2.24) is 24.7 Å². The molecule has 0 saturated carbocycles. The van der Waals surface area contributed by atoms with Gasteiger partial charge >= 0.3 is 6.03 Å². The lowest BCUT2D eigenvalue weighted by molar-refractivity contribution is -0.168. The highest BCUT2D eigenvalue weighted by atomic mass is 35.5. The SMILES string of the molecule is CC(C)N1CC2N(C(=O)C(NC(=O)NC(C)(C)C)CN2S(=O)(=O)c2ccc(Cl)cc2Cl)C(Cc2cccc(Cl)c2)C1=O. The summed E-state index contributed by atoms with van der Waals surface area (Å²) in [6.07, 6.45) is -0.983. The largest absolute Gasteiger partial charge is 0.335 e. The lowest BCUT2D eigenvalue weighted by atomic mass is 9.96. The number of nitrogens with zero attached hydrogens (tertiary/aromatic N) is 3.